The van der Waals surface area contributed by atoms with E-state index in [4.69, 9.17) is 5.73 Å². The topological polar surface area (TPSA) is 56.7 Å². The van der Waals surface area contributed by atoms with Crippen molar-refractivity contribution in [1.29, 1.82) is 0 Å². The first kappa shape index (κ1) is 7.58. The minimum Gasteiger partial charge on any atom is -0.383 e. The summed E-state index contributed by atoms with van der Waals surface area (Å²) in [5, 5.41) is 7.77. The number of nitrogen functional groups attached to an aromatic ring is 1. The minimum absolute atomic E-state index is 0.501. The van der Waals surface area contributed by atoms with Crippen molar-refractivity contribution in [2.24, 2.45) is 0 Å². The van der Waals surface area contributed by atoms with Crippen LogP contribution in [0.25, 0.3) is 0 Å². The Morgan fingerprint density at radius 3 is 2.67 bits per heavy atom. The molecule has 12 heavy (non-hydrogen) atoms. The zero-order valence-corrected chi connectivity index (χ0v) is 7.11. The zero-order valence-electron chi connectivity index (χ0n) is 7.11. The minimum atomic E-state index is 0.501. The first-order chi connectivity index (χ1) is 5.88. The van der Waals surface area contributed by atoms with Gasteiger partial charge in [0.15, 0.2) is 0 Å². The second-order valence-corrected chi connectivity index (χ2v) is 3.40. The van der Waals surface area contributed by atoms with E-state index in [2.05, 4.69) is 10.3 Å². The molecule has 0 aliphatic heterocycles. The number of aromatic nitrogens is 3. The standard InChI is InChI=1S/C8H14N4/c9-8-6-10-11-12(8)7-4-2-1-3-5-7/h6-7H,1-5,9H2. The first-order valence-corrected chi connectivity index (χ1v) is 4.53. The van der Waals surface area contributed by atoms with E-state index in [9.17, 15) is 0 Å². The Hall–Kier alpha value is -1.06. The Morgan fingerprint density at radius 1 is 1.33 bits per heavy atom. The average molecular weight is 166 g/mol. The van der Waals surface area contributed by atoms with Crippen LogP contribution < -0.4 is 5.73 Å². The van der Waals surface area contributed by atoms with Crippen molar-refractivity contribution in [1.82, 2.24) is 15.0 Å². The summed E-state index contributed by atoms with van der Waals surface area (Å²) in [5.41, 5.74) is 5.71. The average Bonchev–Trinajstić information content (AvgIpc) is 2.53. The summed E-state index contributed by atoms with van der Waals surface area (Å²) in [5.74, 6) is 0.696. The Labute approximate surface area is 71.8 Å². The van der Waals surface area contributed by atoms with Gasteiger partial charge in [-0.1, -0.05) is 24.5 Å². The lowest BCUT2D eigenvalue weighted by Crippen LogP contribution is -2.16. The molecule has 1 heterocycles. The van der Waals surface area contributed by atoms with E-state index >= 15 is 0 Å². The third-order valence-electron chi connectivity index (χ3n) is 2.52. The highest BCUT2D eigenvalue weighted by molar-refractivity contribution is 5.22. The molecule has 0 spiro atoms. The van der Waals surface area contributed by atoms with Gasteiger partial charge in [-0.05, 0) is 12.8 Å². The maximum atomic E-state index is 5.71. The lowest BCUT2D eigenvalue weighted by atomic mass is 9.96. The molecule has 0 bridgehead atoms. The highest BCUT2D eigenvalue weighted by atomic mass is 15.5. The van der Waals surface area contributed by atoms with Crippen LogP contribution in [-0.4, -0.2) is 15.0 Å². The molecule has 1 saturated carbocycles. The highest BCUT2D eigenvalue weighted by Crippen LogP contribution is 2.28. The monoisotopic (exact) mass is 166 g/mol. The van der Waals surface area contributed by atoms with Gasteiger partial charge in [-0.2, -0.15) is 0 Å². The summed E-state index contributed by atoms with van der Waals surface area (Å²) >= 11 is 0. The fourth-order valence-corrected chi connectivity index (χ4v) is 1.86. The molecule has 0 unspecified atom stereocenters. The molecule has 1 aliphatic carbocycles. The van der Waals surface area contributed by atoms with E-state index in [1.807, 2.05) is 4.68 Å². The summed E-state index contributed by atoms with van der Waals surface area (Å²) in [6, 6.07) is 0.501. The van der Waals surface area contributed by atoms with Gasteiger partial charge in [0.05, 0.1) is 12.2 Å². The summed E-state index contributed by atoms with van der Waals surface area (Å²) in [6.07, 6.45) is 7.97. The van der Waals surface area contributed by atoms with Crippen molar-refractivity contribution in [2.75, 3.05) is 5.73 Å². The molecule has 4 nitrogen and oxygen atoms in total. The maximum absolute atomic E-state index is 5.71. The number of nitrogens with zero attached hydrogens (tertiary/aromatic N) is 3. The van der Waals surface area contributed by atoms with Crippen LogP contribution in [-0.2, 0) is 0 Å². The second kappa shape index (κ2) is 3.13. The van der Waals surface area contributed by atoms with E-state index in [1.54, 1.807) is 6.20 Å². The van der Waals surface area contributed by atoms with Crippen molar-refractivity contribution in [3.05, 3.63) is 6.20 Å². The van der Waals surface area contributed by atoms with Crippen molar-refractivity contribution in [3.8, 4) is 0 Å². The van der Waals surface area contributed by atoms with Gasteiger partial charge in [0.2, 0.25) is 0 Å². The van der Waals surface area contributed by atoms with Crippen molar-refractivity contribution in [2.45, 2.75) is 38.1 Å². The molecule has 2 rings (SSSR count). The van der Waals surface area contributed by atoms with Gasteiger partial charge in [-0.25, -0.2) is 4.68 Å². The summed E-state index contributed by atoms with van der Waals surface area (Å²) in [7, 11) is 0. The van der Waals surface area contributed by atoms with Crippen LogP contribution in [0.4, 0.5) is 5.82 Å². The fraction of sp³-hybridized carbons (Fsp3) is 0.750. The number of anilines is 1. The lowest BCUT2D eigenvalue weighted by Gasteiger charge is -2.21. The third kappa shape index (κ3) is 1.29. The van der Waals surface area contributed by atoms with Crippen molar-refractivity contribution < 1.29 is 0 Å². The molecule has 0 atom stereocenters. The molecule has 4 heteroatoms. The molecule has 2 N–H and O–H groups in total. The van der Waals surface area contributed by atoms with Crippen LogP contribution in [0.15, 0.2) is 6.20 Å². The first-order valence-electron chi connectivity index (χ1n) is 4.53. The van der Waals surface area contributed by atoms with Crippen molar-refractivity contribution >= 4 is 5.82 Å². The SMILES string of the molecule is Nc1cnnn1C1CCCCC1. The molecule has 1 aromatic heterocycles. The molecular weight excluding hydrogens is 152 g/mol. The van der Waals surface area contributed by atoms with Gasteiger partial charge in [0.25, 0.3) is 0 Å². The Balaban J connectivity index is 2.13. The fourth-order valence-electron chi connectivity index (χ4n) is 1.86. The number of hydrogen-bond acceptors (Lipinski definition) is 3. The number of hydrogen-bond donors (Lipinski definition) is 1. The van der Waals surface area contributed by atoms with Gasteiger partial charge in [-0.15, -0.1) is 5.10 Å². The predicted molar refractivity (Wildman–Crippen MR) is 46.6 cm³/mol. The quantitative estimate of drug-likeness (QED) is 0.685. The molecule has 66 valence electrons. The van der Waals surface area contributed by atoms with E-state index < -0.39 is 0 Å². The second-order valence-electron chi connectivity index (χ2n) is 3.40. The van der Waals surface area contributed by atoms with Gasteiger partial charge < -0.3 is 5.73 Å². The number of rotatable bonds is 1. The maximum Gasteiger partial charge on any atom is 0.142 e. The van der Waals surface area contributed by atoms with Crippen LogP contribution in [0.3, 0.4) is 0 Å². The molecule has 0 aromatic carbocycles. The Kier molecular flexibility index (Phi) is 1.98. The molecular formula is C8H14N4. The highest BCUT2D eigenvalue weighted by Gasteiger charge is 2.17. The molecule has 1 fully saturated rings. The van der Waals surface area contributed by atoms with E-state index in [0.29, 0.717) is 11.9 Å². The zero-order chi connectivity index (χ0) is 8.39. The van der Waals surface area contributed by atoms with Crippen LogP contribution in [0, 0.1) is 0 Å². The van der Waals surface area contributed by atoms with Crippen LogP contribution in [0.5, 0.6) is 0 Å². The van der Waals surface area contributed by atoms with Crippen LogP contribution in [0.2, 0.25) is 0 Å². The summed E-state index contributed by atoms with van der Waals surface area (Å²) in [4.78, 5) is 0. The number of nitrogens with two attached hydrogens (primary N) is 1. The molecule has 1 aromatic rings. The van der Waals surface area contributed by atoms with E-state index in [-0.39, 0.29) is 0 Å². The smallest absolute Gasteiger partial charge is 0.142 e. The van der Waals surface area contributed by atoms with Gasteiger partial charge in [-0.3, -0.25) is 0 Å². The van der Waals surface area contributed by atoms with Crippen LogP contribution >= 0.6 is 0 Å². The largest absolute Gasteiger partial charge is 0.383 e. The summed E-state index contributed by atoms with van der Waals surface area (Å²) < 4.78 is 1.86. The third-order valence-corrected chi connectivity index (χ3v) is 2.52. The summed E-state index contributed by atoms with van der Waals surface area (Å²) in [6.45, 7) is 0. The molecule has 0 amide bonds. The Morgan fingerprint density at radius 2 is 2.08 bits per heavy atom. The van der Waals surface area contributed by atoms with Gasteiger partial charge >= 0.3 is 0 Å². The van der Waals surface area contributed by atoms with Gasteiger partial charge in [0.1, 0.15) is 5.82 Å². The molecule has 0 radical (unpaired) electrons. The Bertz CT molecular complexity index is 249. The van der Waals surface area contributed by atoms with E-state index in [0.717, 1.165) is 0 Å². The van der Waals surface area contributed by atoms with Crippen molar-refractivity contribution in [3.63, 3.8) is 0 Å². The lowest BCUT2D eigenvalue weighted by molar-refractivity contribution is 0.328. The predicted octanol–water partition coefficient (Wildman–Crippen LogP) is 1.37. The normalized spacial score (nSPS) is 19.7. The van der Waals surface area contributed by atoms with E-state index in [1.165, 1.54) is 32.1 Å². The van der Waals surface area contributed by atoms with Crippen LogP contribution in [0.1, 0.15) is 38.1 Å². The molecule has 1 aliphatic rings. The molecule has 0 saturated heterocycles. The van der Waals surface area contributed by atoms with Gasteiger partial charge in [0, 0.05) is 0 Å².